The lowest BCUT2D eigenvalue weighted by molar-refractivity contribution is -0.143. The summed E-state index contributed by atoms with van der Waals surface area (Å²) in [7, 11) is 0. The highest BCUT2D eigenvalue weighted by Crippen LogP contribution is 2.23. The van der Waals surface area contributed by atoms with Crippen molar-refractivity contribution in [2.75, 3.05) is 13.1 Å². The van der Waals surface area contributed by atoms with Gasteiger partial charge in [-0.15, -0.1) is 0 Å². The summed E-state index contributed by atoms with van der Waals surface area (Å²) < 4.78 is 42.6. The van der Waals surface area contributed by atoms with E-state index < -0.39 is 24.7 Å². The number of aromatic nitrogens is 2. The molecule has 1 aliphatic heterocycles. The van der Waals surface area contributed by atoms with Crippen molar-refractivity contribution in [2.45, 2.75) is 44.9 Å². The first-order valence-corrected chi connectivity index (χ1v) is 6.72. The van der Waals surface area contributed by atoms with Crippen molar-refractivity contribution in [3.8, 4) is 0 Å². The molecule has 0 saturated carbocycles. The normalized spacial score (nSPS) is 19.2. The van der Waals surface area contributed by atoms with Crippen LogP contribution in [0.2, 0.25) is 0 Å². The summed E-state index contributed by atoms with van der Waals surface area (Å²) in [6, 6.07) is -0.750. The van der Waals surface area contributed by atoms with Crippen molar-refractivity contribution in [2.24, 2.45) is 0 Å². The summed E-state index contributed by atoms with van der Waals surface area (Å²) in [5.41, 5.74) is 0. The second-order valence-corrected chi connectivity index (χ2v) is 5.25. The van der Waals surface area contributed by atoms with Gasteiger partial charge in [0.1, 0.15) is 6.54 Å². The predicted octanol–water partition coefficient (Wildman–Crippen LogP) is 1.91. The van der Waals surface area contributed by atoms with Crippen LogP contribution in [-0.2, 0) is 0 Å². The summed E-state index contributed by atoms with van der Waals surface area (Å²) in [5.74, 6) is -0.974. The molecule has 0 bridgehead atoms. The monoisotopic (exact) mass is 306 g/mol. The van der Waals surface area contributed by atoms with Gasteiger partial charge in [0, 0.05) is 6.04 Å². The second kappa shape index (κ2) is 6.00. The smallest absolute Gasteiger partial charge is 0.337 e. The molecule has 0 aliphatic carbocycles. The average Bonchev–Trinajstić information content (AvgIpc) is 3.03. The van der Waals surface area contributed by atoms with Crippen molar-refractivity contribution in [3.05, 3.63) is 11.7 Å². The fraction of sp³-hybridized carbons (Fsp3) is 0.750. The molecule has 1 amide bonds. The van der Waals surface area contributed by atoms with Gasteiger partial charge in [0.15, 0.2) is 0 Å². The Morgan fingerprint density at radius 2 is 2.24 bits per heavy atom. The first-order valence-electron chi connectivity index (χ1n) is 6.72. The Morgan fingerprint density at radius 1 is 1.52 bits per heavy atom. The zero-order chi connectivity index (χ0) is 15.6. The van der Waals surface area contributed by atoms with Gasteiger partial charge in [-0.05, 0) is 33.2 Å². The van der Waals surface area contributed by atoms with Gasteiger partial charge in [0.25, 0.3) is 11.7 Å². The molecule has 1 atom stereocenters. The van der Waals surface area contributed by atoms with E-state index in [0.717, 1.165) is 19.4 Å². The Kier molecular flexibility index (Phi) is 4.50. The van der Waals surface area contributed by atoms with Crippen LogP contribution in [0.3, 0.4) is 0 Å². The van der Waals surface area contributed by atoms with Gasteiger partial charge in [-0.2, -0.15) is 18.2 Å². The number of hydrogen-bond acceptors (Lipinski definition) is 5. The van der Waals surface area contributed by atoms with Gasteiger partial charge >= 0.3 is 6.18 Å². The molecule has 9 heteroatoms. The van der Waals surface area contributed by atoms with E-state index in [1.807, 2.05) is 0 Å². The number of alkyl halides is 3. The molecular formula is C12H17F3N4O2. The zero-order valence-corrected chi connectivity index (χ0v) is 11.8. The molecule has 1 fully saturated rings. The molecule has 0 spiro atoms. The Balaban J connectivity index is 2.13. The van der Waals surface area contributed by atoms with E-state index in [1.165, 1.54) is 13.8 Å². The van der Waals surface area contributed by atoms with Crippen molar-refractivity contribution >= 4 is 5.91 Å². The quantitative estimate of drug-likeness (QED) is 0.920. The third-order valence-electron chi connectivity index (χ3n) is 3.23. The van der Waals surface area contributed by atoms with E-state index in [9.17, 15) is 18.0 Å². The average molecular weight is 306 g/mol. The highest BCUT2D eigenvalue weighted by molar-refractivity contribution is 5.90. The molecule has 1 aliphatic rings. The fourth-order valence-electron chi connectivity index (χ4n) is 2.17. The number of hydrogen-bond donors (Lipinski definition) is 1. The van der Waals surface area contributed by atoms with Crippen LogP contribution >= 0.6 is 0 Å². The number of nitrogens with one attached hydrogen (secondary N) is 1. The maximum Gasteiger partial charge on any atom is 0.406 e. The molecule has 21 heavy (non-hydrogen) atoms. The largest absolute Gasteiger partial charge is 0.406 e. The van der Waals surface area contributed by atoms with E-state index >= 15 is 0 Å². The van der Waals surface area contributed by atoms with Crippen LogP contribution in [-0.4, -0.2) is 46.3 Å². The zero-order valence-electron chi connectivity index (χ0n) is 11.8. The van der Waals surface area contributed by atoms with Gasteiger partial charge in [0.2, 0.25) is 5.89 Å². The molecule has 0 aromatic carbocycles. The van der Waals surface area contributed by atoms with E-state index in [2.05, 4.69) is 15.5 Å². The Morgan fingerprint density at radius 3 is 2.76 bits per heavy atom. The van der Waals surface area contributed by atoms with E-state index in [1.54, 1.807) is 0 Å². The van der Waals surface area contributed by atoms with Crippen LogP contribution in [0.15, 0.2) is 4.52 Å². The first kappa shape index (κ1) is 15.7. The number of amides is 1. The summed E-state index contributed by atoms with van der Waals surface area (Å²) in [6.07, 6.45) is -2.73. The molecule has 2 heterocycles. The summed E-state index contributed by atoms with van der Waals surface area (Å²) >= 11 is 0. The Labute approximate surface area is 119 Å². The first-order chi connectivity index (χ1) is 9.78. The van der Waals surface area contributed by atoms with Crippen molar-refractivity contribution in [1.82, 2.24) is 20.4 Å². The van der Waals surface area contributed by atoms with Gasteiger partial charge in [-0.25, -0.2) is 0 Å². The number of carbonyl (C=O) groups excluding carboxylic acids is 1. The number of carbonyl (C=O) groups is 1. The highest BCUT2D eigenvalue weighted by Gasteiger charge is 2.36. The van der Waals surface area contributed by atoms with Gasteiger partial charge in [-0.1, -0.05) is 5.16 Å². The van der Waals surface area contributed by atoms with Gasteiger partial charge < -0.3 is 14.7 Å². The molecule has 1 aromatic heterocycles. The standard InChI is InChI=1S/C12H17F3N4O2/c1-7(2)19(6-12(13,14)15)11(20)9-17-10(21-18-9)8-4-3-5-16-8/h7-8,16H,3-6H2,1-2H3. The number of halogens is 3. The summed E-state index contributed by atoms with van der Waals surface area (Å²) in [6.45, 7) is 2.48. The third kappa shape index (κ3) is 3.93. The summed E-state index contributed by atoms with van der Waals surface area (Å²) in [5, 5.41) is 6.62. The third-order valence-corrected chi connectivity index (χ3v) is 3.23. The maximum absolute atomic E-state index is 12.5. The van der Waals surface area contributed by atoms with E-state index in [0.29, 0.717) is 4.90 Å². The summed E-state index contributed by atoms with van der Waals surface area (Å²) in [4.78, 5) is 16.7. The van der Waals surface area contributed by atoms with Crippen LogP contribution in [0.4, 0.5) is 13.2 Å². The second-order valence-electron chi connectivity index (χ2n) is 5.25. The van der Waals surface area contributed by atoms with Crippen LogP contribution < -0.4 is 5.32 Å². The minimum Gasteiger partial charge on any atom is -0.337 e. The van der Waals surface area contributed by atoms with Crippen LogP contribution in [0.25, 0.3) is 0 Å². The van der Waals surface area contributed by atoms with Gasteiger partial charge in [-0.3, -0.25) is 4.79 Å². The highest BCUT2D eigenvalue weighted by atomic mass is 19.4. The molecule has 1 saturated heterocycles. The van der Waals surface area contributed by atoms with Crippen molar-refractivity contribution in [3.63, 3.8) is 0 Å². The lowest BCUT2D eigenvalue weighted by Gasteiger charge is -2.26. The minimum absolute atomic E-state index is 0.130. The van der Waals surface area contributed by atoms with Gasteiger partial charge in [0.05, 0.1) is 6.04 Å². The topological polar surface area (TPSA) is 71.3 Å². The molecule has 118 valence electrons. The Hall–Kier alpha value is -1.64. The van der Waals surface area contributed by atoms with Crippen molar-refractivity contribution < 1.29 is 22.5 Å². The SMILES string of the molecule is CC(C)N(CC(F)(F)F)C(=O)c1noc(C2CCCN2)n1. The molecule has 6 nitrogen and oxygen atoms in total. The van der Waals surface area contributed by atoms with Crippen LogP contribution in [0.5, 0.6) is 0 Å². The lowest BCUT2D eigenvalue weighted by Crippen LogP contribution is -2.43. The minimum atomic E-state index is -4.47. The van der Waals surface area contributed by atoms with E-state index in [-0.39, 0.29) is 17.8 Å². The molecule has 0 radical (unpaired) electrons. The van der Waals surface area contributed by atoms with E-state index in [4.69, 9.17) is 4.52 Å². The maximum atomic E-state index is 12.5. The predicted molar refractivity (Wildman–Crippen MR) is 66.5 cm³/mol. The molecule has 2 rings (SSSR count). The van der Waals surface area contributed by atoms with Crippen LogP contribution in [0, 0.1) is 0 Å². The number of nitrogens with zero attached hydrogens (tertiary/aromatic N) is 3. The molecule has 1 N–H and O–H groups in total. The van der Waals surface area contributed by atoms with Crippen LogP contribution in [0.1, 0.15) is 49.2 Å². The lowest BCUT2D eigenvalue weighted by atomic mass is 10.2. The van der Waals surface area contributed by atoms with Crippen molar-refractivity contribution in [1.29, 1.82) is 0 Å². The molecule has 1 unspecified atom stereocenters. The fourth-order valence-corrected chi connectivity index (χ4v) is 2.17. The Bertz CT molecular complexity index is 495. The number of rotatable bonds is 4. The molecular weight excluding hydrogens is 289 g/mol. The molecule has 1 aromatic rings.